The Labute approximate surface area is 185 Å². The van der Waals surface area contributed by atoms with Gasteiger partial charge in [-0.25, -0.2) is 9.59 Å². The molecule has 0 radical (unpaired) electrons. The molecule has 0 unspecified atom stereocenters. The second-order valence-corrected chi connectivity index (χ2v) is 8.37. The molecule has 2 aliphatic heterocycles. The van der Waals surface area contributed by atoms with Crippen LogP contribution in [-0.2, 0) is 11.3 Å². The number of carbonyl (C=O) groups is 2. The summed E-state index contributed by atoms with van der Waals surface area (Å²) in [5.74, 6) is 0. The van der Waals surface area contributed by atoms with Crippen molar-refractivity contribution in [3.05, 3.63) is 69.7 Å². The number of piperidine rings is 1. The number of carbonyl (C=O) groups excluding carboxylic acids is 2. The van der Waals surface area contributed by atoms with Gasteiger partial charge in [-0.2, -0.15) is 0 Å². The molecule has 2 saturated heterocycles. The molecule has 3 amide bonds. The van der Waals surface area contributed by atoms with Gasteiger partial charge in [-0.1, -0.05) is 59.6 Å². The van der Waals surface area contributed by atoms with Crippen LogP contribution in [0.5, 0.6) is 0 Å². The van der Waals surface area contributed by atoms with Gasteiger partial charge in [0.25, 0.3) is 0 Å². The Hall–Kier alpha value is -2.44. The molecule has 4 rings (SSSR count). The molecule has 30 heavy (non-hydrogen) atoms. The van der Waals surface area contributed by atoms with Gasteiger partial charge < -0.3 is 15.0 Å². The van der Waals surface area contributed by atoms with Crippen molar-refractivity contribution >= 4 is 35.3 Å². The lowest BCUT2D eigenvalue weighted by Gasteiger charge is -2.37. The van der Waals surface area contributed by atoms with E-state index in [0.717, 1.165) is 11.1 Å². The Morgan fingerprint density at radius 2 is 1.83 bits per heavy atom. The van der Waals surface area contributed by atoms with Crippen molar-refractivity contribution in [1.82, 2.24) is 15.1 Å². The molecular formula is C22H23Cl2N3O3. The van der Waals surface area contributed by atoms with Gasteiger partial charge in [0.05, 0.1) is 6.04 Å². The Kier molecular flexibility index (Phi) is 6.35. The summed E-state index contributed by atoms with van der Waals surface area (Å²) in [5.41, 5.74) is 1.89. The number of amides is 3. The average molecular weight is 448 g/mol. The minimum atomic E-state index is -0.274. The van der Waals surface area contributed by atoms with E-state index in [-0.39, 0.29) is 24.2 Å². The summed E-state index contributed by atoms with van der Waals surface area (Å²) in [6, 6.07) is 15.0. The van der Waals surface area contributed by atoms with Crippen LogP contribution in [0.2, 0.25) is 10.0 Å². The Morgan fingerprint density at radius 3 is 2.53 bits per heavy atom. The summed E-state index contributed by atoms with van der Waals surface area (Å²) in [6.45, 7) is 1.86. The van der Waals surface area contributed by atoms with E-state index in [1.165, 1.54) is 0 Å². The maximum absolute atomic E-state index is 12.6. The van der Waals surface area contributed by atoms with Gasteiger partial charge in [0, 0.05) is 35.7 Å². The van der Waals surface area contributed by atoms with E-state index in [1.807, 2.05) is 35.2 Å². The molecule has 6 nitrogen and oxygen atoms in total. The molecular weight excluding hydrogens is 425 g/mol. The number of ether oxygens (including phenoxy) is 1. The van der Waals surface area contributed by atoms with E-state index in [1.54, 1.807) is 23.1 Å². The molecule has 2 aromatic carbocycles. The zero-order valence-corrected chi connectivity index (χ0v) is 17.9. The molecule has 0 bridgehead atoms. The normalized spacial score (nSPS) is 19.7. The number of cyclic esters (lactones) is 1. The van der Waals surface area contributed by atoms with Gasteiger partial charge in [-0.05, 0) is 36.1 Å². The third-order valence-corrected chi connectivity index (χ3v) is 6.27. The molecule has 2 aliphatic rings. The highest BCUT2D eigenvalue weighted by molar-refractivity contribution is 6.35. The molecule has 0 aromatic heterocycles. The summed E-state index contributed by atoms with van der Waals surface area (Å²) < 4.78 is 5.34. The molecule has 0 saturated carbocycles. The maximum atomic E-state index is 12.6. The molecule has 2 heterocycles. The molecule has 158 valence electrons. The standard InChI is InChI=1S/C22H23Cl2N3O3/c23-17-7-6-16(19(24)12-17)13-25-21(28)26-10-8-18(9-11-26)27-20(14-30-22(27)29)15-4-2-1-3-5-15/h1-7,12,18,20H,8-11,13-14H2,(H,25,28)/t20-/m0/s1. The van der Waals surface area contributed by atoms with E-state index < -0.39 is 0 Å². The summed E-state index contributed by atoms with van der Waals surface area (Å²) in [7, 11) is 0. The predicted molar refractivity (Wildman–Crippen MR) is 116 cm³/mol. The van der Waals surface area contributed by atoms with Crippen LogP contribution in [0.15, 0.2) is 48.5 Å². The van der Waals surface area contributed by atoms with Crippen molar-refractivity contribution in [2.75, 3.05) is 19.7 Å². The number of benzene rings is 2. The predicted octanol–water partition coefficient (Wildman–Crippen LogP) is 4.86. The lowest BCUT2D eigenvalue weighted by Crippen LogP contribution is -2.50. The van der Waals surface area contributed by atoms with Gasteiger partial charge in [-0.3, -0.25) is 4.90 Å². The van der Waals surface area contributed by atoms with Gasteiger partial charge >= 0.3 is 12.1 Å². The topological polar surface area (TPSA) is 61.9 Å². The van der Waals surface area contributed by atoms with Crippen LogP contribution in [0.4, 0.5) is 9.59 Å². The molecule has 8 heteroatoms. The molecule has 2 aromatic rings. The lowest BCUT2D eigenvalue weighted by molar-refractivity contribution is 0.113. The first-order chi connectivity index (χ1) is 14.5. The van der Waals surface area contributed by atoms with Crippen molar-refractivity contribution in [2.24, 2.45) is 0 Å². The SMILES string of the molecule is O=C(NCc1ccc(Cl)cc1Cl)N1CCC(N2C(=O)OC[C@H]2c2ccccc2)CC1. The lowest BCUT2D eigenvalue weighted by atomic mass is 9.99. The Balaban J connectivity index is 1.33. The molecule has 2 fully saturated rings. The minimum Gasteiger partial charge on any atom is -0.447 e. The van der Waals surface area contributed by atoms with Crippen molar-refractivity contribution in [1.29, 1.82) is 0 Å². The Bertz CT molecular complexity index is 917. The number of likely N-dealkylation sites (tertiary alicyclic amines) is 1. The van der Waals surface area contributed by atoms with E-state index >= 15 is 0 Å². The first-order valence-electron chi connectivity index (χ1n) is 9.99. The van der Waals surface area contributed by atoms with Crippen LogP contribution < -0.4 is 5.32 Å². The second kappa shape index (κ2) is 9.14. The largest absolute Gasteiger partial charge is 0.447 e. The van der Waals surface area contributed by atoms with Gasteiger partial charge in [0.15, 0.2) is 0 Å². The van der Waals surface area contributed by atoms with Crippen LogP contribution in [0.3, 0.4) is 0 Å². The third kappa shape index (κ3) is 4.50. The van der Waals surface area contributed by atoms with Crippen molar-refractivity contribution in [3.63, 3.8) is 0 Å². The maximum Gasteiger partial charge on any atom is 0.410 e. The van der Waals surface area contributed by atoms with E-state index in [4.69, 9.17) is 27.9 Å². The monoisotopic (exact) mass is 447 g/mol. The summed E-state index contributed by atoms with van der Waals surface area (Å²) in [5, 5.41) is 4.00. The van der Waals surface area contributed by atoms with E-state index in [2.05, 4.69) is 5.32 Å². The summed E-state index contributed by atoms with van der Waals surface area (Å²) in [4.78, 5) is 28.6. The van der Waals surface area contributed by atoms with Crippen LogP contribution in [-0.4, -0.2) is 47.7 Å². The minimum absolute atomic E-state index is 0.0555. The fourth-order valence-electron chi connectivity index (χ4n) is 4.06. The number of hydrogen-bond acceptors (Lipinski definition) is 3. The van der Waals surface area contributed by atoms with Crippen LogP contribution in [0.1, 0.15) is 30.0 Å². The van der Waals surface area contributed by atoms with Crippen LogP contribution >= 0.6 is 23.2 Å². The van der Waals surface area contributed by atoms with Crippen molar-refractivity contribution in [3.8, 4) is 0 Å². The summed E-state index contributed by atoms with van der Waals surface area (Å²) in [6.07, 6.45) is 1.16. The zero-order valence-electron chi connectivity index (χ0n) is 16.4. The number of halogens is 2. The van der Waals surface area contributed by atoms with E-state index in [0.29, 0.717) is 49.1 Å². The van der Waals surface area contributed by atoms with Gasteiger partial charge in [-0.15, -0.1) is 0 Å². The average Bonchev–Trinajstić information content (AvgIpc) is 3.15. The number of rotatable bonds is 4. The fourth-order valence-corrected chi connectivity index (χ4v) is 4.54. The zero-order chi connectivity index (χ0) is 21.1. The number of hydrogen-bond donors (Lipinski definition) is 1. The fraction of sp³-hybridized carbons (Fsp3) is 0.364. The quantitative estimate of drug-likeness (QED) is 0.727. The molecule has 0 aliphatic carbocycles. The van der Waals surface area contributed by atoms with Crippen LogP contribution in [0.25, 0.3) is 0 Å². The first-order valence-corrected chi connectivity index (χ1v) is 10.8. The molecule has 1 N–H and O–H groups in total. The Morgan fingerprint density at radius 1 is 1.10 bits per heavy atom. The molecule has 0 spiro atoms. The van der Waals surface area contributed by atoms with E-state index in [9.17, 15) is 9.59 Å². The van der Waals surface area contributed by atoms with Crippen LogP contribution in [0, 0.1) is 0 Å². The van der Waals surface area contributed by atoms with Gasteiger partial charge in [0.1, 0.15) is 6.61 Å². The second-order valence-electron chi connectivity index (χ2n) is 7.52. The highest BCUT2D eigenvalue weighted by atomic mass is 35.5. The van der Waals surface area contributed by atoms with Crippen molar-refractivity contribution in [2.45, 2.75) is 31.5 Å². The number of nitrogens with one attached hydrogen (secondary N) is 1. The first kappa shape index (κ1) is 20.8. The molecule has 1 atom stereocenters. The van der Waals surface area contributed by atoms with Crippen molar-refractivity contribution < 1.29 is 14.3 Å². The van der Waals surface area contributed by atoms with Gasteiger partial charge in [0.2, 0.25) is 0 Å². The smallest absolute Gasteiger partial charge is 0.410 e. The third-order valence-electron chi connectivity index (χ3n) is 5.69. The highest BCUT2D eigenvalue weighted by Gasteiger charge is 2.40. The summed E-state index contributed by atoms with van der Waals surface area (Å²) >= 11 is 12.1. The highest BCUT2D eigenvalue weighted by Crippen LogP contribution is 2.33. The number of nitrogens with zero attached hydrogens (tertiary/aromatic N) is 2. The number of urea groups is 1.